The monoisotopic (exact) mass is 422 g/mol. The molecule has 5 rings (SSSR count). The number of fused-ring (bicyclic) bond motifs is 2. The maximum Gasteiger partial charge on any atom is 0.119 e. The van der Waals surface area contributed by atoms with Crippen molar-refractivity contribution < 1.29 is 4.74 Å². The average Bonchev–Trinajstić information content (AvgIpc) is 3.22. The molecule has 5 heteroatoms. The second kappa shape index (κ2) is 8.44. The molecular weight excluding hydrogens is 396 g/mol. The van der Waals surface area contributed by atoms with Gasteiger partial charge in [0.25, 0.3) is 0 Å². The lowest BCUT2D eigenvalue weighted by Gasteiger charge is -2.16. The third-order valence-electron chi connectivity index (χ3n) is 6.04. The lowest BCUT2D eigenvalue weighted by atomic mass is 9.99. The summed E-state index contributed by atoms with van der Waals surface area (Å²) >= 11 is 0. The number of rotatable bonds is 6. The zero-order valence-electron chi connectivity index (χ0n) is 18.5. The second-order valence-electron chi connectivity index (χ2n) is 8.15. The average molecular weight is 423 g/mol. The first-order valence-corrected chi connectivity index (χ1v) is 10.8. The number of ether oxygens (including phenoxy) is 1. The number of hydrogen-bond donors (Lipinski definition) is 1. The van der Waals surface area contributed by atoms with Crippen LogP contribution in [0.3, 0.4) is 0 Å². The molecule has 0 aliphatic carbocycles. The molecule has 0 aliphatic heterocycles. The number of methoxy groups -OCH3 is 1. The predicted octanol–water partition coefficient (Wildman–Crippen LogP) is 5.65. The van der Waals surface area contributed by atoms with Crippen molar-refractivity contribution >= 4 is 21.9 Å². The molecule has 0 radical (unpaired) electrons. The number of benzene rings is 3. The summed E-state index contributed by atoms with van der Waals surface area (Å²) in [5, 5.41) is 4.87. The van der Waals surface area contributed by atoms with Gasteiger partial charge in [-0.05, 0) is 65.4 Å². The van der Waals surface area contributed by atoms with Gasteiger partial charge in [-0.15, -0.1) is 0 Å². The SMILES string of the molecule is COc1cccc(C(C)NCc2cc(-c3ccc4ccn(C)c4c3)c3nccnc3c2)c1. The van der Waals surface area contributed by atoms with Gasteiger partial charge in [-0.25, -0.2) is 0 Å². The first kappa shape index (κ1) is 20.2. The summed E-state index contributed by atoms with van der Waals surface area (Å²) in [5.41, 5.74) is 7.65. The zero-order valence-corrected chi connectivity index (χ0v) is 18.5. The summed E-state index contributed by atoms with van der Waals surface area (Å²) in [6.45, 7) is 2.89. The van der Waals surface area contributed by atoms with Crippen molar-refractivity contribution in [1.82, 2.24) is 19.9 Å². The Balaban J connectivity index is 1.49. The summed E-state index contributed by atoms with van der Waals surface area (Å²) in [6.07, 6.45) is 5.60. The normalized spacial score (nSPS) is 12.3. The fourth-order valence-electron chi connectivity index (χ4n) is 4.18. The summed E-state index contributed by atoms with van der Waals surface area (Å²) in [4.78, 5) is 9.24. The fraction of sp³-hybridized carbons (Fsp3) is 0.185. The van der Waals surface area contributed by atoms with Gasteiger partial charge in [0.1, 0.15) is 5.75 Å². The third kappa shape index (κ3) is 3.83. The molecule has 3 aromatic carbocycles. The number of aromatic nitrogens is 3. The van der Waals surface area contributed by atoms with Gasteiger partial charge in [0.05, 0.1) is 18.1 Å². The Morgan fingerprint density at radius 2 is 1.88 bits per heavy atom. The number of aryl methyl sites for hydroxylation is 1. The van der Waals surface area contributed by atoms with Crippen molar-refractivity contribution in [1.29, 1.82) is 0 Å². The smallest absolute Gasteiger partial charge is 0.119 e. The van der Waals surface area contributed by atoms with Gasteiger partial charge >= 0.3 is 0 Å². The second-order valence-corrected chi connectivity index (χ2v) is 8.15. The highest BCUT2D eigenvalue weighted by molar-refractivity contribution is 5.95. The minimum absolute atomic E-state index is 0.186. The molecule has 1 atom stereocenters. The highest BCUT2D eigenvalue weighted by atomic mass is 16.5. The molecule has 1 unspecified atom stereocenters. The first-order valence-electron chi connectivity index (χ1n) is 10.8. The van der Waals surface area contributed by atoms with Crippen LogP contribution in [0.25, 0.3) is 33.1 Å². The van der Waals surface area contributed by atoms with E-state index in [0.29, 0.717) is 0 Å². The molecule has 0 saturated heterocycles. The Labute approximate surface area is 187 Å². The van der Waals surface area contributed by atoms with E-state index in [4.69, 9.17) is 4.74 Å². The van der Waals surface area contributed by atoms with Gasteiger partial charge in [0, 0.05) is 49.3 Å². The van der Waals surface area contributed by atoms with Crippen LogP contribution in [0.5, 0.6) is 5.75 Å². The maximum atomic E-state index is 5.37. The molecule has 160 valence electrons. The predicted molar refractivity (Wildman–Crippen MR) is 130 cm³/mol. The third-order valence-corrected chi connectivity index (χ3v) is 6.04. The Morgan fingerprint density at radius 3 is 2.75 bits per heavy atom. The van der Waals surface area contributed by atoms with Crippen LogP contribution in [0.1, 0.15) is 24.1 Å². The van der Waals surface area contributed by atoms with Crippen LogP contribution in [-0.4, -0.2) is 21.6 Å². The van der Waals surface area contributed by atoms with Gasteiger partial charge in [0.15, 0.2) is 0 Å². The quantitative estimate of drug-likeness (QED) is 0.384. The molecule has 0 fully saturated rings. The van der Waals surface area contributed by atoms with E-state index in [1.165, 1.54) is 22.0 Å². The van der Waals surface area contributed by atoms with E-state index in [0.717, 1.165) is 34.5 Å². The minimum atomic E-state index is 0.186. The Bertz CT molecular complexity index is 1410. The molecule has 5 nitrogen and oxygen atoms in total. The van der Waals surface area contributed by atoms with Crippen molar-refractivity contribution in [2.75, 3.05) is 7.11 Å². The molecule has 0 amide bonds. The van der Waals surface area contributed by atoms with E-state index in [2.05, 4.69) is 88.6 Å². The number of hydrogen-bond acceptors (Lipinski definition) is 4. The highest BCUT2D eigenvalue weighted by Gasteiger charge is 2.12. The van der Waals surface area contributed by atoms with Crippen molar-refractivity contribution in [3.63, 3.8) is 0 Å². The molecule has 0 bridgehead atoms. The molecule has 2 heterocycles. The topological polar surface area (TPSA) is 52.0 Å². The summed E-state index contributed by atoms with van der Waals surface area (Å²) < 4.78 is 7.52. The molecule has 5 aromatic rings. The van der Waals surface area contributed by atoms with E-state index in [-0.39, 0.29) is 6.04 Å². The molecule has 0 aliphatic rings. The lowest BCUT2D eigenvalue weighted by Crippen LogP contribution is -2.18. The van der Waals surface area contributed by atoms with Crippen LogP contribution >= 0.6 is 0 Å². The summed E-state index contributed by atoms with van der Waals surface area (Å²) in [7, 11) is 3.77. The van der Waals surface area contributed by atoms with Gasteiger partial charge in [-0.2, -0.15) is 0 Å². The Morgan fingerprint density at radius 1 is 1.00 bits per heavy atom. The minimum Gasteiger partial charge on any atom is -0.497 e. The summed E-state index contributed by atoms with van der Waals surface area (Å²) in [6, 6.07) is 21.4. The van der Waals surface area contributed by atoms with Crippen LogP contribution in [0.2, 0.25) is 0 Å². The fourth-order valence-corrected chi connectivity index (χ4v) is 4.18. The van der Waals surface area contributed by atoms with Gasteiger partial charge in [-0.3, -0.25) is 9.97 Å². The van der Waals surface area contributed by atoms with Crippen molar-refractivity contribution in [3.8, 4) is 16.9 Å². The van der Waals surface area contributed by atoms with Crippen LogP contribution in [-0.2, 0) is 13.6 Å². The Hall–Kier alpha value is -3.70. The van der Waals surface area contributed by atoms with Crippen LogP contribution < -0.4 is 10.1 Å². The Kier molecular flexibility index (Phi) is 5.33. The van der Waals surface area contributed by atoms with Crippen LogP contribution in [0, 0.1) is 0 Å². The summed E-state index contributed by atoms with van der Waals surface area (Å²) in [5.74, 6) is 0.871. The van der Waals surface area contributed by atoms with Crippen LogP contribution in [0.15, 0.2) is 79.3 Å². The van der Waals surface area contributed by atoms with Crippen molar-refractivity contribution in [3.05, 3.63) is 90.4 Å². The molecule has 0 saturated carbocycles. The number of nitrogens with one attached hydrogen (secondary N) is 1. The van der Waals surface area contributed by atoms with Gasteiger partial charge in [-0.1, -0.05) is 24.3 Å². The van der Waals surface area contributed by atoms with Gasteiger partial charge < -0.3 is 14.6 Å². The molecular formula is C27H26N4O. The van der Waals surface area contributed by atoms with E-state index in [1.54, 1.807) is 19.5 Å². The van der Waals surface area contributed by atoms with E-state index >= 15 is 0 Å². The first-order chi connectivity index (χ1) is 15.6. The lowest BCUT2D eigenvalue weighted by molar-refractivity contribution is 0.413. The molecule has 0 spiro atoms. The van der Waals surface area contributed by atoms with E-state index in [9.17, 15) is 0 Å². The zero-order chi connectivity index (χ0) is 22.1. The van der Waals surface area contributed by atoms with Gasteiger partial charge in [0.2, 0.25) is 0 Å². The van der Waals surface area contributed by atoms with E-state index in [1.807, 2.05) is 12.1 Å². The standard InChI is InChI=1S/C27H26N4O/c1-18(21-5-4-6-23(15-21)32-3)30-17-19-13-24(27-25(14-19)28-10-11-29-27)22-8-7-20-9-12-31(2)26(20)16-22/h4-16,18,30H,17H2,1-3H3. The maximum absolute atomic E-state index is 5.37. The highest BCUT2D eigenvalue weighted by Crippen LogP contribution is 2.31. The van der Waals surface area contributed by atoms with Crippen molar-refractivity contribution in [2.45, 2.75) is 19.5 Å². The molecule has 32 heavy (non-hydrogen) atoms. The molecule has 2 aromatic heterocycles. The van der Waals surface area contributed by atoms with E-state index < -0.39 is 0 Å². The largest absolute Gasteiger partial charge is 0.497 e. The number of nitrogens with zero attached hydrogens (tertiary/aromatic N) is 3. The van der Waals surface area contributed by atoms with Crippen molar-refractivity contribution in [2.24, 2.45) is 7.05 Å². The molecule has 1 N–H and O–H groups in total. The van der Waals surface area contributed by atoms with Crippen LogP contribution in [0.4, 0.5) is 0 Å².